The number of carboxylic acid groups (broad SMARTS) is 1. The largest absolute Gasteiger partial charge is 0.478 e. The molecule has 0 saturated heterocycles. The third-order valence-electron chi connectivity index (χ3n) is 4.46. The Hall–Kier alpha value is -2.45. The summed E-state index contributed by atoms with van der Waals surface area (Å²) in [6.45, 7) is 0.527. The summed E-state index contributed by atoms with van der Waals surface area (Å²) in [5, 5.41) is 8.98. The summed E-state index contributed by atoms with van der Waals surface area (Å²) in [6.07, 6.45) is 1.92. The molecule has 0 unspecified atom stereocenters. The Bertz CT molecular complexity index is 960. The highest BCUT2D eigenvalue weighted by atomic mass is 32.2. The van der Waals surface area contributed by atoms with Crippen LogP contribution in [-0.2, 0) is 23.0 Å². The van der Waals surface area contributed by atoms with Crippen LogP contribution in [-0.4, -0.2) is 33.1 Å². The molecule has 0 bridgehead atoms. The molecular formula is C18H19FN2O4S. The number of nitrogens with zero attached hydrogens (tertiary/aromatic N) is 1. The van der Waals surface area contributed by atoms with Gasteiger partial charge < -0.3 is 10.0 Å². The topological polar surface area (TPSA) is 86.7 Å². The molecule has 2 N–H and O–H groups in total. The molecule has 0 radical (unpaired) electrons. The van der Waals surface area contributed by atoms with E-state index in [2.05, 4.69) is 4.72 Å². The van der Waals surface area contributed by atoms with E-state index in [0.29, 0.717) is 0 Å². The fraction of sp³-hybridized carbons (Fsp3) is 0.278. The van der Waals surface area contributed by atoms with Gasteiger partial charge in [0.2, 0.25) is 10.0 Å². The van der Waals surface area contributed by atoms with E-state index in [1.165, 1.54) is 6.07 Å². The first-order valence-electron chi connectivity index (χ1n) is 8.13. The van der Waals surface area contributed by atoms with Crippen molar-refractivity contribution in [2.75, 3.05) is 18.5 Å². The van der Waals surface area contributed by atoms with E-state index < -0.39 is 21.8 Å². The van der Waals surface area contributed by atoms with Gasteiger partial charge in [0.25, 0.3) is 0 Å². The fourth-order valence-corrected chi connectivity index (χ4v) is 4.03. The number of hydrogen-bond acceptors (Lipinski definition) is 4. The first-order valence-corrected chi connectivity index (χ1v) is 9.62. The third-order valence-corrected chi connectivity index (χ3v) is 5.86. The molecule has 0 spiro atoms. The van der Waals surface area contributed by atoms with E-state index in [0.717, 1.165) is 48.8 Å². The summed E-state index contributed by atoms with van der Waals surface area (Å²) >= 11 is 0. The molecule has 0 aromatic heterocycles. The number of anilines is 1. The van der Waals surface area contributed by atoms with Crippen LogP contribution in [0.4, 0.5) is 10.1 Å². The molecule has 26 heavy (non-hydrogen) atoms. The third kappa shape index (κ3) is 3.71. The van der Waals surface area contributed by atoms with Crippen molar-refractivity contribution in [1.29, 1.82) is 0 Å². The van der Waals surface area contributed by atoms with Gasteiger partial charge in [-0.05, 0) is 48.7 Å². The monoisotopic (exact) mass is 378 g/mol. The molecule has 8 heteroatoms. The molecular weight excluding hydrogens is 359 g/mol. The molecule has 0 amide bonds. The van der Waals surface area contributed by atoms with Gasteiger partial charge in [-0.25, -0.2) is 22.3 Å². The lowest BCUT2D eigenvalue weighted by Crippen LogP contribution is -2.27. The molecule has 2 aromatic rings. The Kier molecular flexibility index (Phi) is 4.97. The number of carboxylic acids is 1. The molecule has 1 aliphatic rings. The number of rotatable bonds is 5. The van der Waals surface area contributed by atoms with Gasteiger partial charge in [0.15, 0.2) is 0 Å². The highest BCUT2D eigenvalue weighted by molar-refractivity contribution is 7.89. The van der Waals surface area contributed by atoms with Crippen molar-refractivity contribution >= 4 is 21.7 Å². The molecule has 0 aliphatic carbocycles. The molecule has 2 aromatic carbocycles. The van der Waals surface area contributed by atoms with Crippen molar-refractivity contribution in [3.05, 3.63) is 58.9 Å². The number of aromatic carboxylic acids is 1. The molecule has 0 saturated carbocycles. The minimum atomic E-state index is -3.86. The van der Waals surface area contributed by atoms with Gasteiger partial charge in [0.05, 0.1) is 10.5 Å². The number of halogens is 1. The number of sulfonamides is 1. The molecule has 0 atom stereocenters. The standard InChI is InChI=1S/C18H19FN2O4S/c1-21-8-2-3-12-4-6-15(10-17(12)21)26(24,25)20-11-14-9-13(18(22)23)5-7-16(14)19/h4-7,9-10,20H,2-3,8,11H2,1H3,(H,22,23). The average molecular weight is 378 g/mol. The van der Waals surface area contributed by atoms with E-state index in [1.807, 2.05) is 11.9 Å². The van der Waals surface area contributed by atoms with E-state index in [9.17, 15) is 17.6 Å². The van der Waals surface area contributed by atoms with E-state index >= 15 is 0 Å². The first-order chi connectivity index (χ1) is 12.3. The van der Waals surface area contributed by atoms with Crippen LogP contribution in [0.5, 0.6) is 0 Å². The second-order valence-electron chi connectivity index (χ2n) is 6.25. The molecule has 138 valence electrons. The maximum atomic E-state index is 13.9. The van der Waals surface area contributed by atoms with Gasteiger partial charge in [-0.1, -0.05) is 6.07 Å². The van der Waals surface area contributed by atoms with Gasteiger partial charge in [-0.15, -0.1) is 0 Å². The van der Waals surface area contributed by atoms with Crippen LogP contribution in [0.15, 0.2) is 41.3 Å². The maximum absolute atomic E-state index is 13.9. The van der Waals surface area contributed by atoms with Crippen LogP contribution < -0.4 is 9.62 Å². The SMILES string of the molecule is CN1CCCc2ccc(S(=O)(=O)NCc3cc(C(=O)O)ccc3F)cc21. The molecule has 0 fully saturated rings. The van der Waals surface area contributed by atoms with Crippen LogP contribution in [0, 0.1) is 5.82 Å². The Balaban J connectivity index is 1.83. The number of carbonyl (C=O) groups is 1. The summed E-state index contributed by atoms with van der Waals surface area (Å²) in [7, 11) is -1.94. The number of benzene rings is 2. The van der Waals surface area contributed by atoms with Crippen molar-refractivity contribution in [1.82, 2.24) is 4.72 Å². The zero-order valence-electron chi connectivity index (χ0n) is 14.2. The summed E-state index contributed by atoms with van der Waals surface area (Å²) in [6, 6.07) is 8.22. The second kappa shape index (κ2) is 7.05. The first kappa shape index (κ1) is 18.3. The van der Waals surface area contributed by atoms with E-state index in [-0.39, 0.29) is 22.6 Å². The van der Waals surface area contributed by atoms with Gasteiger partial charge >= 0.3 is 5.97 Å². The predicted molar refractivity (Wildman–Crippen MR) is 95.4 cm³/mol. The zero-order valence-corrected chi connectivity index (χ0v) is 15.0. The van der Waals surface area contributed by atoms with Crippen LogP contribution in [0.2, 0.25) is 0 Å². The molecule has 1 aliphatic heterocycles. The maximum Gasteiger partial charge on any atom is 0.335 e. The molecule has 1 heterocycles. The Labute approximate surface area is 151 Å². The number of fused-ring (bicyclic) bond motifs is 1. The Morgan fingerprint density at radius 3 is 2.77 bits per heavy atom. The second-order valence-corrected chi connectivity index (χ2v) is 8.02. The Morgan fingerprint density at radius 1 is 1.27 bits per heavy atom. The van der Waals surface area contributed by atoms with Crippen LogP contribution in [0.1, 0.15) is 27.9 Å². The van der Waals surface area contributed by atoms with Gasteiger partial charge in [0, 0.05) is 31.4 Å². The van der Waals surface area contributed by atoms with Crippen LogP contribution >= 0.6 is 0 Å². The summed E-state index contributed by atoms with van der Waals surface area (Å²) in [5.41, 5.74) is 1.84. The van der Waals surface area contributed by atoms with Crippen LogP contribution in [0.3, 0.4) is 0 Å². The van der Waals surface area contributed by atoms with Gasteiger partial charge in [0.1, 0.15) is 5.82 Å². The van der Waals surface area contributed by atoms with Gasteiger partial charge in [-0.2, -0.15) is 0 Å². The summed E-state index contributed by atoms with van der Waals surface area (Å²) in [5.74, 6) is -1.87. The lowest BCUT2D eigenvalue weighted by Gasteiger charge is -2.27. The fourth-order valence-electron chi connectivity index (χ4n) is 3.00. The average Bonchev–Trinajstić information content (AvgIpc) is 2.61. The lowest BCUT2D eigenvalue weighted by molar-refractivity contribution is 0.0696. The van der Waals surface area contributed by atoms with Crippen molar-refractivity contribution in [3.8, 4) is 0 Å². The summed E-state index contributed by atoms with van der Waals surface area (Å²) < 4.78 is 41.3. The van der Waals surface area contributed by atoms with E-state index in [4.69, 9.17) is 5.11 Å². The quantitative estimate of drug-likeness (QED) is 0.834. The summed E-state index contributed by atoms with van der Waals surface area (Å²) in [4.78, 5) is 13.1. The minimum Gasteiger partial charge on any atom is -0.478 e. The lowest BCUT2D eigenvalue weighted by atomic mass is 10.0. The number of hydrogen-bond donors (Lipinski definition) is 2. The smallest absolute Gasteiger partial charge is 0.335 e. The van der Waals surface area contributed by atoms with Crippen molar-refractivity contribution in [3.63, 3.8) is 0 Å². The highest BCUT2D eigenvalue weighted by Crippen LogP contribution is 2.28. The van der Waals surface area contributed by atoms with Gasteiger partial charge in [-0.3, -0.25) is 0 Å². The van der Waals surface area contributed by atoms with Crippen molar-refractivity contribution in [2.24, 2.45) is 0 Å². The normalized spacial score (nSPS) is 14.2. The number of aryl methyl sites for hydroxylation is 1. The van der Waals surface area contributed by atoms with E-state index in [1.54, 1.807) is 12.1 Å². The minimum absolute atomic E-state index is 0.0245. The zero-order chi connectivity index (χ0) is 18.9. The van der Waals surface area contributed by atoms with Crippen LogP contribution in [0.25, 0.3) is 0 Å². The molecule has 3 rings (SSSR count). The van der Waals surface area contributed by atoms with Crippen molar-refractivity contribution < 1.29 is 22.7 Å². The van der Waals surface area contributed by atoms with Crippen molar-refractivity contribution in [2.45, 2.75) is 24.3 Å². The molecule has 6 nitrogen and oxygen atoms in total. The number of nitrogens with one attached hydrogen (secondary N) is 1. The predicted octanol–water partition coefficient (Wildman–Crippen LogP) is 2.38. The Morgan fingerprint density at radius 2 is 2.04 bits per heavy atom. The highest BCUT2D eigenvalue weighted by Gasteiger charge is 2.20.